The summed E-state index contributed by atoms with van der Waals surface area (Å²) >= 11 is 0. The van der Waals surface area contributed by atoms with Crippen LogP contribution in [0.4, 0.5) is 0 Å². The highest BCUT2D eigenvalue weighted by Crippen LogP contribution is 2.29. The molecule has 0 spiro atoms. The fourth-order valence-corrected chi connectivity index (χ4v) is 6.33. The Kier molecular flexibility index (Phi) is 20.9. The molecule has 0 aliphatic rings. The van der Waals surface area contributed by atoms with Crippen molar-refractivity contribution in [2.75, 3.05) is 55.2 Å². The van der Waals surface area contributed by atoms with Gasteiger partial charge < -0.3 is 39.3 Å². The van der Waals surface area contributed by atoms with Gasteiger partial charge >= 0.3 is 17.4 Å². The summed E-state index contributed by atoms with van der Waals surface area (Å²) < 4.78 is 26.5. The molecule has 0 amide bonds. The second-order valence-corrected chi connectivity index (χ2v) is 12.2. The maximum atomic E-state index is 5.54. The van der Waals surface area contributed by atoms with Gasteiger partial charge in [0, 0.05) is 47.1 Å². The summed E-state index contributed by atoms with van der Waals surface area (Å²) in [5.41, 5.74) is 16.8. The highest BCUT2D eigenvalue weighted by atomic mass is 28.4. The smallest absolute Gasteiger partial charge is 0.398 e. The molecule has 0 aromatic rings. The highest BCUT2D eigenvalue weighted by Gasteiger charge is 2.38. The first-order valence-electron chi connectivity index (χ1n) is 8.25. The van der Waals surface area contributed by atoms with Gasteiger partial charge in [0.05, 0.1) is 0 Å². The van der Waals surface area contributed by atoms with Crippen LogP contribution in [-0.4, -0.2) is 72.5 Å². The molecule has 25 heavy (non-hydrogen) atoms. The standard InChI is InChI=1S/C8H22N2O2Si.C6H17NO3Si.CH4/c1-11-13(3,12-2)8(4-6-9)5-7-10;1-8-11(9-2,10-3)6-4-5-7;/h8H,4-7,9-10H2,1-3H3;4-7H2,1-3H3;1H4. The lowest BCUT2D eigenvalue weighted by molar-refractivity contribution is 0.123. The number of hydrogen-bond donors (Lipinski definition) is 3. The largest absolute Gasteiger partial charge is 0.500 e. The van der Waals surface area contributed by atoms with Gasteiger partial charge in [-0.1, -0.05) is 7.43 Å². The molecule has 0 saturated carbocycles. The summed E-state index contributed by atoms with van der Waals surface area (Å²) in [7, 11) is 3.88. The molecule has 0 aliphatic heterocycles. The maximum Gasteiger partial charge on any atom is 0.500 e. The van der Waals surface area contributed by atoms with Gasteiger partial charge in [0.15, 0.2) is 0 Å². The van der Waals surface area contributed by atoms with Gasteiger partial charge in [-0.2, -0.15) is 0 Å². The van der Waals surface area contributed by atoms with E-state index in [0.717, 1.165) is 25.3 Å². The van der Waals surface area contributed by atoms with E-state index >= 15 is 0 Å². The highest BCUT2D eigenvalue weighted by molar-refractivity contribution is 6.67. The average molecular weight is 402 g/mol. The molecule has 0 atom stereocenters. The van der Waals surface area contributed by atoms with Crippen LogP contribution in [0.15, 0.2) is 0 Å². The van der Waals surface area contributed by atoms with Crippen molar-refractivity contribution >= 4 is 17.4 Å². The topological polar surface area (TPSA) is 124 Å². The first-order valence-corrected chi connectivity index (χ1v) is 12.6. The molecule has 0 aliphatic carbocycles. The van der Waals surface area contributed by atoms with Crippen molar-refractivity contribution in [3.8, 4) is 0 Å². The molecular weight excluding hydrogens is 358 g/mol. The van der Waals surface area contributed by atoms with Crippen LogP contribution in [0.2, 0.25) is 18.1 Å². The third-order valence-corrected chi connectivity index (χ3v) is 10.7. The summed E-state index contributed by atoms with van der Waals surface area (Å²) in [5, 5.41) is 0. The molecule has 0 fully saturated rings. The SMILES string of the molecule is C.CO[Si](C)(OC)C(CCN)CCN.CO[Si](CCCN)(OC)OC. The number of rotatable bonds is 13. The van der Waals surface area contributed by atoms with Crippen molar-refractivity contribution in [2.45, 2.75) is 44.8 Å². The zero-order chi connectivity index (χ0) is 19.1. The lowest BCUT2D eigenvalue weighted by atomic mass is 10.2. The lowest BCUT2D eigenvalue weighted by Gasteiger charge is -2.31. The van der Waals surface area contributed by atoms with Gasteiger partial charge in [0.2, 0.25) is 0 Å². The Morgan fingerprint density at radius 1 is 0.720 bits per heavy atom. The number of nitrogens with two attached hydrogens (primary N) is 3. The predicted molar refractivity (Wildman–Crippen MR) is 109 cm³/mol. The van der Waals surface area contributed by atoms with Gasteiger partial charge in [-0.3, -0.25) is 0 Å². The van der Waals surface area contributed by atoms with Crippen LogP contribution in [0.5, 0.6) is 0 Å². The summed E-state index contributed by atoms with van der Waals surface area (Å²) in [4.78, 5) is 0. The first-order chi connectivity index (χ1) is 11.4. The van der Waals surface area contributed by atoms with E-state index in [2.05, 4.69) is 6.55 Å². The second kappa shape index (κ2) is 17.5. The van der Waals surface area contributed by atoms with Crippen molar-refractivity contribution in [3.05, 3.63) is 0 Å². The van der Waals surface area contributed by atoms with Gasteiger partial charge in [-0.25, -0.2) is 0 Å². The van der Waals surface area contributed by atoms with Crippen LogP contribution < -0.4 is 17.2 Å². The predicted octanol–water partition coefficient (Wildman–Crippen LogP) is 1.27. The van der Waals surface area contributed by atoms with Crippen molar-refractivity contribution in [3.63, 3.8) is 0 Å². The molecule has 6 N–H and O–H groups in total. The van der Waals surface area contributed by atoms with Crippen molar-refractivity contribution < 1.29 is 22.1 Å². The monoisotopic (exact) mass is 401 g/mol. The Morgan fingerprint density at radius 2 is 1.12 bits per heavy atom. The van der Waals surface area contributed by atoms with Crippen LogP contribution in [0.1, 0.15) is 26.7 Å². The van der Waals surface area contributed by atoms with E-state index in [4.69, 9.17) is 39.3 Å². The molecule has 10 heteroatoms. The van der Waals surface area contributed by atoms with Gasteiger partial charge in [-0.15, -0.1) is 0 Å². The van der Waals surface area contributed by atoms with Gasteiger partial charge in [-0.05, 0) is 45.4 Å². The molecule has 0 unspecified atom stereocenters. The lowest BCUT2D eigenvalue weighted by Crippen LogP contribution is -2.43. The van der Waals surface area contributed by atoms with Crippen molar-refractivity contribution in [1.29, 1.82) is 0 Å². The summed E-state index contributed by atoms with van der Waals surface area (Å²) in [6.45, 7) is 4.04. The Labute approximate surface area is 157 Å². The van der Waals surface area contributed by atoms with Crippen LogP contribution in [0.25, 0.3) is 0 Å². The molecule has 0 rings (SSSR count). The van der Waals surface area contributed by atoms with E-state index in [-0.39, 0.29) is 7.43 Å². The summed E-state index contributed by atoms with van der Waals surface area (Å²) in [6, 6.07) is 0.785. The summed E-state index contributed by atoms with van der Waals surface area (Å²) in [6.07, 6.45) is 2.74. The number of hydrogen-bond acceptors (Lipinski definition) is 8. The van der Waals surface area contributed by atoms with E-state index in [1.807, 2.05) is 0 Å². The molecule has 0 aromatic heterocycles. The van der Waals surface area contributed by atoms with Crippen molar-refractivity contribution in [1.82, 2.24) is 0 Å². The second-order valence-electron chi connectivity index (χ2n) is 5.46. The van der Waals surface area contributed by atoms with Crippen LogP contribution in [0.3, 0.4) is 0 Å². The molecule has 0 bridgehead atoms. The fraction of sp³-hybridized carbons (Fsp3) is 1.00. The Hall–Kier alpha value is 0.114. The molecule has 156 valence electrons. The summed E-state index contributed by atoms with van der Waals surface area (Å²) in [5.74, 6) is 0. The minimum Gasteiger partial charge on any atom is -0.398 e. The molecule has 0 heterocycles. The molecule has 8 nitrogen and oxygen atoms in total. The fourth-order valence-electron chi connectivity index (χ4n) is 2.36. The van der Waals surface area contributed by atoms with Crippen LogP contribution in [-0.2, 0) is 22.1 Å². The van der Waals surface area contributed by atoms with Gasteiger partial charge in [0.1, 0.15) is 0 Å². The van der Waals surface area contributed by atoms with Crippen molar-refractivity contribution in [2.24, 2.45) is 17.2 Å². The Bertz CT molecular complexity index is 270. The zero-order valence-electron chi connectivity index (χ0n) is 16.3. The van der Waals surface area contributed by atoms with Gasteiger partial charge in [0.25, 0.3) is 0 Å². The van der Waals surface area contributed by atoms with E-state index in [0.29, 0.717) is 25.2 Å². The Balaban J connectivity index is -0.000000377. The van der Waals surface area contributed by atoms with E-state index in [1.165, 1.54) is 0 Å². The maximum absolute atomic E-state index is 5.54. The first kappa shape index (κ1) is 29.9. The molecular formula is C15H43N3O5Si2. The molecule has 0 aromatic carbocycles. The minimum absolute atomic E-state index is 0. The minimum atomic E-state index is -2.32. The third-order valence-electron chi connectivity index (χ3n) is 4.20. The van der Waals surface area contributed by atoms with E-state index in [9.17, 15) is 0 Å². The van der Waals surface area contributed by atoms with E-state index < -0.39 is 17.4 Å². The third kappa shape index (κ3) is 11.4. The van der Waals surface area contributed by atoms with E-state index in [1.54, 1.807) is 35.5 Å². The molecule has 0 saturated heterocycles. The molecule has 0 radical (unpaired) electrons. The average Bonchev–Trinajstić information content (AvgIpc) is 2.63. The normalized spacial score (nSPS) is 11.8. The van der Waals surface area contributed by atoms with Crippen LogP contribution in [0, 0.1) is 0 Å². The van der Waals surface area contributed by atoms with Crippen LogP contribution >= 0.6 is 0 Å². The zero-order valence-corrected chi connectivity index (χ0v) is 18.3. The Morgan fingerprint density at radius 3 is 1.36 bits per heavy atom. The quantitative estimate of drug-likeness (QED) is 0.394.